The van der Waals surface area contributed by atoms with E-state index in [0.29, 0.717) is 54.4 Å². The molecule has 2 heterocycles. The van der Waals surface area contributed by atoms with Crippen LogP contribution in [0.3, 0.4) is 0 Å². The minimum atomic E-state index is -0.493. The molecule has 8 heteroatoms. The lowest BCUT2D eigenvalue weighted by Crippen LogP contribution is -2.48. The van der Waals surface area contributed by atoms with Gasteiger partial charge in [0.15, 0.2) is 5.82 Å². The van der Waals surface area contributed by atoms with E-state index < -0.39 is 5.60 Å². The predicted molar refractivity (Wildman–Crippen MR) is 106 cm³/mol. The second-order valence-corrected chi connectivity index (χ2v) is 8.10. The zero-order valence-corrected chi connectivity index (χ0v) is 16.7. The zero-order valence-electron chi connectivity index (χ0n) is 15.9. The molecule has 2 aromatic rings. The lowest BCUT2D eigenvalue weighted by atomic mass is 9.78. The third-order valence-electron chi connectivity index (χ3n) is 5.72. The second kappa shape index (κ2) is 7.13. The number of aryl methyl sites for hydroxylation is 2. The third kappa shape index (κ3) is 3.58. The molecular weight excluding hydrogens is 380 g/mol. The van der Waals surface area contributed by atoms with Gasteiger partial charge in [0.05, 0.1) is 12.1 Å². The summed E-state index contributed by atoms with van der Waals surface area (Å²) in [6, 6.07) is 6.94. The molecular formula is C20H23ClN4O3. The maximum absolute atomic E-state index is 12.6. The molecule has 28 heavy (non-hydrogen) atoms. The number of fused-ring (bicyclic) bond motifs is 1. The number of benzene rings is 1. The van der Waals surface area contributed by atoms with Gasteiger partial charge in [0.1, 0.15) is 11.4 Å². The minimum absolute atomic E-state index is 0.0159. The fourth-order valence-electron chi connectivity index (χ4n) is 3.91. The standard InChI is InChI=1S/C20H23ClN4O3/c1-12-9-17(24-25(12)2)23-18(26)13-5-7-20(8-6-13)11-22-19(27)15-10-14(21)3-4-16(15)28-20/h3-4,9-10,13H,5-8,11H2,1-2H3,(H,22,27)(H,23,24,26). The van der Waals surface area contributed by atoms with Crippen molar-refractivity contribution in [3.8, 4) is 5.75 Å². The molecule has 2 aliphatic rings. The lowest BCUT2D eigenvalue weighted by molar-refractivity contribution is -0.122. The number of aromatic nitrogens is 2. The van der Waals surface area contributed by atoms with Crippen molar-refractivity contribution in [2.75, 3.05) is 11.9 Å². The summed E-state index contributed by atoms with van der Waals surface area (Å²) in [7, 11) is 1.85. The summed E-state index contributed by atoms with van der Waals surface area (Å²) in [6.07, 6.45) is 2.76. The number of hydrogen-bond donors (Lipinski definition) is 2. The molecule has 0 saturated heterocycles. The number of nitrogens with zero attached hydrogens (tertiary/aromatic N) is 2. The van der Waals surface area contributed by atoms with Crippen molar-refractivity contribution < 1.29 is 14.3 Å². The first kappa shape index (κ1) is 18.8. The van der Waals surface area contributed by atoms with Crippen LogP contribution in [0, 0.1) is 12.8 Å². The number of halogens is 1. The van der Waals surface area contributed by atoms with Crippen molar-refractivity contribution in [2.45, 2.75) is 38.2 Å². The molecule has 0 bridgehead atoms. The Balaban J connectivity index is 1.43. The van der Waals surface area contributed by atoms with E-state index in [1.807, 2.05) is 20.0 Å². The van der Waals surface area contributed by atoms with Gasteiger partial charge in [0.2, 0.25) is 5.91 Å². The van der Waals surface area contributed by atoms with Crippen molar-refractivity contribution >= 4 is 29.2 Å². The fraction of sp³-hybridized carbons (Fsp3) is 0.450. The summed E-state index contributed by atoms with van der Waals surface area (Å²) in [6.45, 7) is 2.36. The molecule has 148 valence electrons. The summed E-state index contributed by atoms with van der Waals surface area (Å²) in [5.74, 6) is 0.832. The number of ether oxygens (including phenoxy) is 1. The smallest absolute Gasteiger partial charge is 0.255 e. The maximum atomic E-state index is 12.6. The van der Waals surface area contributed by atoms with Crippen LogP contribution in [0.25, 0.3) is 0 Å². The normalized spacial score (nSPS) is 24.1. The summed E-state index contributed by atoms with van der Waals surface area (Å²) in [4.78, 5) is 25.0. The van der Waals surface area contributed by atoms with Crippen molar-refractivity contribution in [2.24, 2.45) is 13.0 Å². The van der Waals surface area contributed by atoms with Crippen LogP contribution in [0.1, 0.15) is 41.7 Å². The molecule has 1 fully saturated rings. The lowest BCUT2D eigenvalue weighted by Gasteiger charge is -2.39. The van der Waals surface area contributed by atoms with Gasteiger partial charge in [0.25, 0.3) is 5.91 Å². The monoisotopic (exact) mass is 402 g/mol. The van der Waals surface area contributed by atoms with Crippen LogP contribution < -0.4 is 15.4 Å². The van der Waals surface area contributed by atoms with E-state index in [4.69, 9.17) is 16.3 Å². The highest BCUT2D eigenvalue weighted by Gasteiger charge is 2.42. The SMILES string of the molecule is Cc1cc(NC(=O)C2CCC3(CC2)CNC(=O)c2cc(Cl)ccc2O3)nn1C. The molecule has 1 aromatic carbocycles. The molecule has 2 amide bonds. The molecule has 1 aliphatic carbocycles. The zero-order chi connectivity index (χ0) is 19.9. The molecule has 0 atom stereocenters. The molecule has 1 aromatic heterocycles. The van der Waals surface area contributed by atoms with Crippen LogP contribution in [0.4, 0.5) is 5.82 Å². The summed E-state index contributed by atoms with van der Waals surface area (Å²) >= 11 is 6.02. The van der Waals surface area contributed by atoms with Gasteiger partial charge >= 0.3 is 0 Å². The molecule has 2 N–H and O–H groups in total. The van der Waals surface area contributed by atoms with E-state index in [1.54, 1.807) is 22.9 Å². The highest BCUT2D eigenvalue weighted by Crippen LogP contribution is 2.39. The average Bonchev–Trinajstić information content (AvgIpc) is 2.91. The third-order valence-corrected chi connectivity index (χ3v) is 5.95. The fourth-order valence-corrected chi connectivity index (χ4v) is 4.08. The van der Waals surface area contributed by atoms with Gasteiger partial charge in [-0.2, -0.15) is 5.10 Å². The first-order valence-electron chi connectivity index (χ1n) is 9.43. The Morgan fingerprint density at radius 1 is 1.36 bits per heavy atom. The Bertz CT molecular complexity index is 912. The molecule has 1 spiro atoms. The Morgan fingerprint density at radius 2 is 2.11 bits per heavy atom. The predicted octanol–water partition coefficient (Wildman–Crippen LogP) is 3.07. The van der Waals surface area contributed by atoms with E-state index in [0.717, 1.165) is 5.69 Å². The number of rotatable bonds is 2. The Kier molecular flexibility index (Phi) is 4.79. The number of nitrogens with one attached hydrogen (secondary N) is 2. The van der Waals surface area contributed by atoms with E-state index in [1.165, 1.54) is 0 Å². The average molecular weight is 403 g/mol. The topological polar surface area (TPSA) is 85.2 Å². The largest absolute Gasteiger partial charge is 0.485 e. The Morgan fingerprint density at radius 3 is 2.79 bits per heavy atom. The minimum Gasteiger partial charge on any atom is -0.485 e. The molecule has 7 nitrogen and oxygen atoms in total. The molecule has 0 unspecified atom stereocenters. The van der Waals surface area contributed by atoms with Crippen LogP contribution >= 0.6 is 11.6 Å². The number of anilines is 1. The van der Waals surface area contributed by atoms with Gasteiger partial charge in [-0.15, -0.1) is 0 Å². The van der Waals surface area contributed by atoms with Gasteiger partial charge in [-0.05, 0) is 50.8 Å². The van der Waals surface area contributed by atoms with Gasteiger partial charge in [0, 0.05) is 29.7 Å². The summed E-state index contributed by atoms with van der Waals surface area (Å²) < 4.78 is 8.02. The highest BCUT2D eigenvalue weighted by molar-refractivity contribution is 6.31. The van der Waals surface area contributed by atoms with Crippen LogP contribution in [-0.4, -0.2) is 33.7 Å². The van der Waals surface area contributed by atoms with Gasteiger partial charge in [-0.1, -0.05) is 11.6 Å². The first-order chi connectivity index (χ1) is 13.3. The van der Waals surface area contributed by atoms with E-state index in [2.05, 4.69) is 15.7 Å². The summed E-state index contributed by atoms with van der Waals surface area (Å²) in [5.41, 5.74) is 0.946. The quantitative estimate of drug-likeness (QED) is 0.808. The van der Waals surface area contributed by atoms with Crippen molar-refractivity contribution in [1.29, 1.82) is 0 Å². The van der Waals surface area contributed by atoms with Crippen molar-refractivity contribution in [1.82, 2.24) is 15.1 Å². The van der Waals surface area contributed by atoms with Crippen LogP contribution in [0.5, 0.6) is 5.75 Å². The van der Waals surface area contributed by atoms with Gasteiger partial charge in [-0.25, -0.2) is 0 Å². The van der Waals surface area contributed by atoms with Gasteiger partial charge < -0.3 is 15.4 Å². The first-order valence-corrected chi connectivity index (χ1v) is 9.81. The number of amides is 2. The highest BCUT2D eigenvalue weighted by atomic mass is 35.5. The number of hydrogen-bond acceptors (Lipinski definition) is 4. The maximum Gasteiger partial charge on any atom is 0.255 e. The molecule has 1 aliphatic heterocycles. The Hall–Kier alpha value is -2.54. The van der Waals surface area contributed by atoms with Crippen molar-refractivity contribution in [3.63, 3.8) is 0 Å². The van der Waals surface area contributed by atoms with Crippen molar-refractivity contribution in [3.05, 3.63) is 40.5 Å². The number of carbonyl (C=O) groups excluding carboxylic acids is 2. The van der Waals surface area contributed by atoms with E-state index >= 15 is 0 Å². The van der Waals surface area contributed by atoms with E-state index in [9.17, 15) is 9.59 Å². The molecule has 4 rings (SSSR count). The van der Waals surface area contributed by atoms with Crippen LogP contribution in [0.2, 0.25) is 5.02 Å². The molecule has 0 radical (unpaired) electrons. The molecule has 1 saturated carbocycles. The Labute approximate surface area is 168 Å². The van der Waals surface area contributed by atoms with Crippen LogP contribution in [-0.2, 0) is 11.8 Å². The summed E-state index contributed by atoms with van der Waals surface area (Å²) in [5, 5.41) is 10.6. The van der Waals surface area contributed by atoms with E-state index in [-0.39, 0.29) is 17.7 Å². The van der Waals surface area contributed by atoms with Crippen LogP contribution in [0.15, 0.2) is 24.3 Å². The van der Waals surface area contributed by atoms with Gasteiger partial charge in [-0.3, -0.25) is 14.3 Å². The second-order valence-electron chi connectivity index (χ2n) is 7.67. The number of carbonyl (C=O) groups is 2.